The summed E-state index contributed by atoms with van der Waals surface area (Å²) in [4.78, 5) is 0. The minimum absolute atomic E-state index is 0.894. The molecular weight excluding hydrogens is 560 g/mol. The van der Waals surface area contributed by atoms with Crippen molar-refractivity contribution in [2.75, 3.05) is 0 Å². The van der Waals surface area contributed by atoms with E-state index in [-0.39, 0.29) is 0 Å². The highest BCUT2D eigenvalue weighted by Crippen LogP contribution is 2.47. The molecule has 0 saturated heterocycles. The number of benzene rings is 8. The average Bonchev–Trinajstić information content (AvgIpc) is 3.72. The predicted molar refractivity (Wildman–Crippen MR) is 192 cm³/mol. The first kappa shape index (κ1) is 25.2. The van der Waals surface area contributed by atoms with Gasteiger partial charge in [0.05, 0.1) is 6.26 Å². The molecule has 0 aliphatic carbocycles. The van der Waals surface area contributed by atoms with Crippen molar-refractivity contribution in [2.24, 2.45) is 0 Å². The number of hydrogen-bond donors (Lipinski definition) is 0. The first-order valence-electron chi connectivity index (χ1n) is 15.7. The molecule has 0 spiro atoms. The van der Waals surface area contributed by atoms with Crippen LogP contribution in [0.15, 0.2) is 167 Å². The van der Waals surface area contributed by atoms with Gasteiger partial charge in [0.25, 0.3) is 0 Å². The Balaban J connectivity index is 1.25. The summed E-state index contributed by atoms with van der Waals surface area (Å²) in [6, 6.07) is 54.0. The van der Waals surface area contributed by atoms with Gasteiger partial charge in [0.2, 0.25) is 0 Å². The van der Waals surface area contributed by atoms with Crippen LogP contribution in [0, 0.1) is 0 Å². The van der Waals surface area contributed by atoms with Crippen molar-refractivity contribution in [3.8, 4) is 33.4 Å². The Kier molecular flexibility index (Phi) is 5.31. The highest BCUT2D eigenvalue weighted by Gasteiger charge is 2.21. The molecule has 0 amide bonds. The second-order valence-corrected chi connectivity index (χ2v) is 12.0. The minimum atomic E-state index is 0.894. The van der Waals surface area contributed by atoms with E-state index in [4.69, 9.17) is 8.83 Å². The maximum Gasteiger partial charge on any atom is 0.136 e. The van der Waals surface area contributed by atoms with Gasteiger partial charge in [-0.1, -0.05) is 121 Å². The van der Waals surface area contributed by atoms with Gasteiger partial charge < -0.3 is 8.83 Å². The van der Waals surface area contributed by atoms with Crippen molar-refractivity contribution in [1.82, 2.24) is 0 Å². The van der Waals surface area contributed by atoms with E-state index in [1.807, 2.05) is 12.3 Å². The highest BCUT2D eigenvalue weighted by atomic mass is 16.3. The van der Waals surface area contributed by atoms with Gasteiger partial charge in [0, 0.05) is 27.3 Å². The summed E-state index contributed by atoms with van der Waals surface area (Å²) in [5.74, 6) is 0. The predicted octanol–water partition coefficient (Wildman–Crippen LogP) is 12.8. The molecule has 0 aliphatic heterocycles. The molecule has 0 bridgehead atoms. The van der Waals surface area contributed by atoms with Crippen molar-refractivity contribution in [3.63, 3.8) is 0 Å². The van der Waals surface area contributed by atoms with E-state index in [1.54, 1.807) is 0 Å². The van der Waals surface area contributed by atoms with E-state index in [0.717, 1.165) is 44.0 Å². The van der Waals surface area contributed by atoms with Gasteiger partial charge in [-0.2, -0.15) is 0 Å². The van der Waals surface area contributed by atoms with Gasteiger partial charge in [-0.05, 0) is 84.9 Å². The normalized spacial score (nSPS) is 11.9. The summed E-state index contributed by atoms with van der Waals surface area (Å²) in [6.07, 6.45) is 1.94. The average molecular weight is 587 g/mol. The molecule has 2 heterocycles. The molecule has 2 heteroatoms. The summed E-state index contributed by atoms with van der Waals surface area (Å²) in [6.45, 7) is 0. The molecule has 0 fully saturated rings. The van der Waals surface area contributed by atoms with Gasteiger partial charge in [0.15, 0.2) is 0 Å². The molecule has 0 N–H and O–H groups in total. The molecule has 0 atom stereocenters. The number of furan rings is 2. The zero-order valence-corrected chi connectivity index (χ0v) is 24.8. The van der Waals surface area contributed by atoms with E-state index in [1.165, 1.54) is 54.6 Å². The third-order valence-corrected chi connectivity index (χ3v) is 9.53. The second-order valence-electron chi connectivity index (χ2n) is 12.0. The van der Waals surface area contributed by atoms with Gasteiger partial charge in [-0.15, -0.1) is 0 Å². The number of fused-ring (bicyclic) bond motifs is 8. The Bertz CT molecular complexity index is 2740. The third-order valence-electron chi connectivity index (χ3n) is 9.53. The van der Waals surface area contributed by atoms with Crippen LogP contribution in [0.5, 0.6) is 0 Å². The van der Waals surface area contributed by atoms with E-state index < -0.39 is 0 Å². The first-order chi connectivity index (χ1) is 22.8. The summed E-state index contributed by atoms with van der Waals surface area (Å²) >= 11 is 0. The van der Waals surface area contributed by atoms with Crippen LogP contribution in [-0.2, 0) is 0 Å². The fourth-order valence-corrected chi connectivity index (χ4v) is 7.47. The molecule has 2 aromatic heterocycles. The van der Waals surface area contributed by atoms with Crippen molar-refractivity contribution >= 4 is 65.2 Å². The molecule has 46 heavy (non-hydrogen) atoms. The van der Waals surface area contributed by atoms with Crippen molar-refractivity contribution < 1.29 is 8.83 Å². The zero-order chi connectivity index (χ0) is 30.2. The Labute approximate surface area is 264 Å². The van der Waals surface area contributed by atoms with Crippen molar-refractivity contribution in [3.05, 3.63) is 158 Å². The Morgan fingerprint density at radius 2 is 0.978 bits per heavy atom. The van der Waals surface area contributed by atoms with Crippen LogP contribution in [0.1, 0.15) is 0 Å². The molecular formula is C44H26O2. The minimum Gasteiger partial charge on any atom is -0.464 e. The van der Waals surface area contributed by atoms with Crippen LogP contribution in [0.4, 0.5) is 0 Å². The van der Waals surface area contributed by atoms with Crippen molar-refractivity contribution in [1.29, 1.82) is 0 Å². The van der Waals surface area contributed by atoms with Gasteiger partial charge in [0.1, 0.15) is 16.7 Å². The number of hydrogen-bond acceptors (Lipinski definition) is 2. The van der Waals surface area contributed by atoms with Crippen LogP contribution in [0.25, 0.3) is 98.6 Å². The fourth-order valence-electron chi connectivity index (χ4n) is 7.47. The van der Waals surface area contributed by atoms with Crippen LogP contribution in [0.3, 0.4) is 0 Å². The maximum absolute atomic E-state index is 6.41. The summed E-state index contributed by atoms with van der Waals surface area (Å²) in [5.41, 5.74) is 9.75. The maximum atomic E-state index is 6.41. The molecule has 0 radical (unpaired) electrons. The molecule has 8 aromatic carbocycles. The fraction of sp³-hybridized carbons (Fsp3) is 0. The summed E-state index contributed by atoms with van der Waals surface area (Å²) in [7, 11) is 0. The smallest absolute Gasteiger partial charge is 0.136 e. The highest BCUT2D eigenvalue weighted by molar-refractivity contribution is 6.26. The Morgan fingerprint density at radius 3 is 1.74 bits per heavy atom. The quantitative estimate of drug-likeness (QED) is 0.193. The van der Waals surface area contributed by atoms with Crippen LogP contribution in [-0.4, -0.2) is 0 Å². The lowest BCUT2D eigenvalue weighted by Gasteiger charge is -2.17. The molecule has 0 saturated carbocycles. The molecule has 214 valence electrons. The van der Waals surface area contributed by atoms with Crippen LogP contribution >= 0.6 is 0 Å². The lowest BCUT2D eigenvalue weighted by Crippen LogP contribution is -1.90. The van der Waals surface area contributed by atoms with E-state index in [2.05, 4.69) is 146 Å². The monoisotopic (exact) mass is 586 g/mol. The summed E-state index contributed by atoms with van der Waals surface area (Å²) < 4.78 is 12.6. The largest absolute Gasteiger partial charge is 0.464 e. The topological polar surface area (TPSA) is 26.3 Å². The van der Waals surface area contributed by atoms with Crippen molar-refractivity contribution in [2.45, 2.75) is 0 Å². The lowest BCUT2D eigenvalue weighted by molar-refractivity contribution is 0.617. The molecule has 2 nitrogen and oxygen atoms in total. The molecule has 10 aromatic rings. The third kappa shape index (κ3) is 3.65. The van der Waals surface area contributed by atoms with Crippen LogP contribution in [0.2, 0.25) is 0 Å². The molecule has 10 rings (SSSR count). The van der Waals surface area contributed by atoms with Gasteiger partial charge in [-0.25, -0.2) is 0 Å². The summed E-state index contributed by atoms with van der Waals surface area (Å²) in [5, 5.41) is 10.6. The van der Waals surface area contributed by atoms with Gasteiger partial charge >= 0.3 is 0 Å². The Morgan fingerprint density at radius 1 is 0.348 bits per heavy atom. The lowest BCUT2D eigenvalue weighted by atomic mass is 9.85. The van der Waals surface area contributed by atoms with E-state index in [0.29, 0.717) is 0 Å². The molecule has 0 unspecified atom stereocenters. The van der Waals surface area contributed by atoms with Crippen LogP contribution < -0.4 is 0 Å². The first-order valence-corrected chi connectivity index (χ1v) is 15.7. The van der Waals surface area contributed by atoms with Gasteiger partial charge in [-0.3, -0.25) is 0 Å². The molecule has 0 aliphatic rings. The standard InChI is InChI=1S/C44H26O2/c1-2-10-27(11-3-1)29-18-21-32-37-24-30(20-22-39(37)46-41(32)25-29)42-33-14-6-8-16-35(33)43(36-17-9-7-15-34(36)42)38-26-45-40-23-19-28-12-4-5-13-31(28)44(38)40/h1-26H. The van der Waals surface area contributed by atoms with E-state index in [9.17, 15) is 0 Å². The number of rotatable bonds is 3. The Hall–Kier alpha value is -6.12. The SMILES string of the molecule is c1ccc(-c2ccc3c(c2)oc2ccc(-c4c5ccccc5c(-c5coc6ccc7ccccc7c56)c5ccccc45)cc23)cc1. The second kappa shape index (κ2) is 9.69. The zero-order valence-electron chi connectivity index (χ0n) is 24.8. The van der Waals surface area contributed by atoms with E-state index >= 15 is 0 Å².